The van der Waals surface area contributed by atoms with Gasteiger partial charge in [-0.05, 0) is 24.6 Å². The zero-order valence-corrected chi connectivity index (χ0v) is 17.7. The Morgan fingerprint density at radius 2 is 1.83 bits per heavy atom. The Morgan fingerprint density at radius 1 is 1.13 bits per heavy atom. The van der Waals surface area contributed by atoms with Crippen LogP contribution in [0.25, 0.3) is 11.2 Å². The minimum atomic E-state index is -0.402. The molecule has 1 aliphatic heterocycles. The predicted octanol–water partition coefficient (Wildman–Crippen LogP) is 1.03. The summed E-state index contributed by atoms with van der Waals surface area (Å²) in [5, 5.41) is 3.95. The van der Waals surface area contributed by atoms with Crippen molar-refractivity contribution in [3.8, 4) is 11.8 Å². The largest absolute Gasteiger partial charge is 0.340 e. The van der Waals surface area contributed by atoms with Crippen LogP contribution in [0.3, 0.4) is 0 Å². The van der Waals surface area contributed by atoms with E-state index in [0.29, 0.717) is 28.7 Å². The molecule has 0 atom stereocenters. The molecule has 3 aromatic rings. The summed E-state index contributed by atoms with van der Waals surface area (Å²) >= 11 is 5.99. The number of anilines is 1. The summed E-state index contributed by atoms with van der Waals surface area (Å²) in [6.07, 6.45) is 0. The number of piperazine rings is 1. The lowest BCUT2D eigenvalue weighted by Gasteiger charge is -2.28. The highest BCUT2D eigenvalue weighted by Gasteiger charge is 2.24. The van der Waals surface area contributed by atoms with Crippen molar-refractivity contribution < 1.29 is 0 Å². The van der Waals surface area contributed by atoms with Crippen molar-refractivity contribution in [3.63, 3.8) is 0 Å². The van der Waals surface area contributed by atoms with Gasteiger partial charge in [-0.3, -0.25) is 18.5 Å². The maximum Gasteiger partial charge on any atom is 0.332 e. The minimum Gasteiger partial charge on any atom is -0.340 e. The second-order valence-electron chi connectivity index (χ2n) is 7.19. The first-order valence-electron chi connectivity index (χ1n) is 9.81. The molecular formula is C21H23ClN6O2. The van der Waals surface area contributed by atoms with E-state index < -0.39 is 5.69 Å². The van der Waals surface area contributed by atoms with Gasteiger partial charge < -0.3 is 10.2 Å². The van der Waals surface area contributed by atoms with Gasteiger partial charge in [0.1, 0.15) is 0 Å². The number of imidazole rings is 1. The number of aromatic nitrogens is 4. The first-order valence-corrected chi connectivity index (χ1v) is 10.2. The Morgan fingerprint density at radius 3 is 2.50 bits per heavy atom. The zero-order valence-electron chi connectivity index (χ0n) is 17.0. The molecule has 0 saturated carbocycles. The summed E-state index contributed by atoms with van der Waals surface area (Å²) < 4.78 is 4.51. The molecular weight excluding hydrogens is 404 g/mol. The van der Waals surface area contributed by atoms with Gasteiger partial charge in [0.05, 0.1) is 13.1 Å². The average Bonchev–Trinajstić information content (AvgIpc) is 3.15. The van der Waals surface area contributed by atoms with Crippen molar-refractivity contribution >= 4 is 28.7 Å². The van der Waals surface area contributed by atoms with Crippen molar-refractivity contribution in [1.82, 2.24) is 24.0 Å². The first kappa shape index (κ1) is 20.3. The van der Waals surface area contributed by atoms with E-state index in [2.05, 4.69) is 22.1 Å². The fraction of sp³-hybridized carbons (Fsp3) is 0.381. The lowest BCUT2D eigenvalue weighted by Crippen LogP contribution is -2.44. The van der Waals surface area contributed by atoms with E-state index >= 15 is 0 Å². The van der Waals surface area contributed by atoms with Crippen molar-refractivity contribution in [2.24, 2.45) is 7.05 Å². The van der Waals surface area contributed by atoms with Crippen LogP contribution >= 0.6 is 11.6 Å². The molecule has 156 valence electrons. The van der Waals surface area contributed by atoms with E-state index in [9.17, 15) is 9.59 Å². The summed E-state index contributed by atoms with van der Waals surface area (Å²) in [5.41, 5.74) is 0.898. The Hall–Kier alpha value is -3.02. The van der Waals surface area contributed by atoms with Crippen LogP contribution in [0.4, 0.5) is 5.95 Å². The molecule has 3 heterocycles. The molecule has 1 aliphatic rings. The van der Waals surface area contributed by atoms with Crippen molar-refractivity contribution in [2.45, 2.75) is 20.0 Å². The highest BCUT2D eigenvalue weighted by molar-refractivity contribution is 6.30. The van der Waals surface area contributed by atoms with Crippen molar-refractivity contribution in [1.29, 1.82) is 0 Å². The molecule has 0 spiro atoms. The lowest BCUT2D eigenvalue weighted by molar-refractivity contribution is 0.572. The van der Waals surface area contributed by atoms with Gasteiger partial charge in [-0.2, -0.15) is 4.98 Å². The molecule has 9 heteroatoms. The third kappa shape index (κ3) is 3.62. The number of nitrogens with zero attached hydrogens (tertiary/aromatic N) is 5. The van der Waals surface area contributed by atoms with Gasteiger partial charge in [-0.15, -0.1) is 5.92 Å². The Labute approximate surface area is 178 Å². The van der Waals surface area contributed by atoms with Crippen molar-refractivity contribution in [2.75, 3.05) is 31.1 Å². The van der Waals surface area contributed by atoms with Crippen LogP contribution < -0.4 is 21.5 Å². The van der Waals surface area contributed by atoms with E-state index in [-0.39, 0.29) is 12.1 Å². The quantitative estimate of drug-likeness (QED) is 0.630. The second kappa shape index (κ2) is 8.38. The Bertz CT molecular complexity index is 1250. The van der Waals surface area contributed by atoms with Gasteiger partial charge in [-0.1, -0.05) is 29.7 Å². The van der Waals surface area contributed by atoms with Crippen LogP contribution in [0.15, 0.2) is 33.9 Å². The van der Waals surface area contributed by atoms with Gasteiger partial charge >= 0.3 is 5.69 Å². The topological polar surface area (TPSA) is 77.1 Å². The third-order valence-electron chi connectivity index (χ3n) is 5.28. The van der Waals surface area contributed by atoms with E-state index in [1.165, 1.54) is 7.05 Å². The summed E-state index contributed by atoms with van der Waals surface area (Å²) in [6.45, 7) is 5.59. The minimum absolute atomic E-state index is 0.290. The fourth-order valence-electron chi connectivity index (χ4n) is 3.67. The molecule has 1 fully saturated rings. The number of hydrogen-bond acceptors (Lipinski definition) is 5. The van der Waals surface area contributed by atoms with Gasteiger partial charge in [-0.25, -0.2) is 4.79 Å². The van der Waals surface area contributed by atoms with Gasteiger partial charge in [0, 0.05) is 38.2 Å². The van der Waals surface area contributed by atoms with Gasteiger partial charge in [0.25, 0.3) is 5.56 Å². The molecule has 4 rings (SSSR count). The Kier molecular flexibility index (Phi) is 5.66. The van der Waals surface area contributed by atoms with E-state index in [1.54, 1.807) is 23.6 Å². The number of benzene rings is 1. The summed E-state index contributed by atoms with van der Waals surface area (Å²) in [7, 11) is 1.50. The van der Waals surface area contributed by atoms with Crippen molar-refractivity contribution in [3.05, 3.63) is 55.7 Å². The molecule has 30 heavy (non-hydrogen) atoms. The molecule has 1 aromatic carbocycles. The van der Waals surface area contributed by atoms with Crippen LogP contribution in [-0.2, 0) is 20.1 Å². The highest BCUT2D eigenvalue weighted by Crippen LogP contribution is 2.21. The molecule has 0 aliphatic carbocycles. The third-order valence-corrected chi connectivity index (χ3v) is 5.53. The smallest absolute Gasteiger partial charge is 0.332 e. The monoisotopic (exact) mass is 426 g/mol. The second-order valence-corrected chi connectivity index (χ2v) is 7.63. The predicted molar refractivity (Wildman–Crippen MR) is 118 cm³/mol. The van der Waals surface area contributed by atoms with Crippen LogP contribution in [0.5, 0.6) is 0 Å². The maximum absolute atomic E-state index is 13.1. The van der Waals surface area contributed by atoms with Crippen LogP contribution in [-0.4, -0.2) is 44.9 Å². The van der Waals surface area contributed by atoms with Crippen LogP contribution in [0, 0.1) is 11.8 Å². The Balaban J connectivity index is 1.96. The molecule has 0 bridgehead atoms. The normalized spacial score (nSPS) is 14.0. The van der Waals surface area contributed by atoms with Crippen LogP contribution in [0.2, 0.25) is 5.02 Å². The highest BCUT2D eigenvalue weighted by atomic mass is 35.5. The van der Waals surface area contributed by atoms with E-state index in [0.717, 1.165) is 36.3 Å². The van der Waals surface area contributed by atoms with Gasteiger partial charge in [0.15, 0.2) is 11.2 Å². The molecule has 2 aromatic heterocycles. The molecule has 0 radical (unpaired) electrons. The molecule has 1 N–H and O–H groups in total. The maximum atomic E-state index is 13.1. The SMILES string of the molecule is CC#CCn1c(N2CCNCC2)nc2c1c(=O)n(C)c(=O)n2Cc1ccc(Cl)cc1. The summed E-state index contributed by atoms with van der Waals surface area (Å²) in [4.78, 5) is 33.0. The van der Waals surface area contributed by atoms with Crippen LogP contribution in [0.1, 0.15) is 12.5 Å². The summed E-state index contributed by atoms with van der Waals surface area (Å²) in [5.74, 6) is 6.59. The fourth-order valence-corrected chi connectivity index (χ4v) is 3.80. The molecule has 8 nitrogen and oxygen atoms in total. The number of halogens is 1. The summed E-state index contributed by atoms with van der Waals surface area (Å²) in [6, 6.07) is 7.29. The average molecular weight is 427 g/mol. The standard InChI is InChI=1S/C21H23ClN6O2/c1-3-4-11-27-17-18(24-20(27)26-12-9-23-10-13-26)28(21(30)25(2)19(17)29)14-15-5-7-16(22)8-6-15/h5-8,23H,9-14H2,1-2H3. The first-order chi connectivity index (χ1) is 14.5. The van der Waals surface area contributed by atoms with E-state index in [4.69, 9.17) is 16.6 Å². The number of fused-ring (bicyclic) bond motifs is 1. The molecule has 1 saturated heterocycles. The van der Waals surface area contributed by atoms with Gasteiger partial charge in [0.2, 0.25) is 5.95 Å². The molecule has 0 amide bonds. The van der Waals surface area contributed by atoms with E-state index in [1.807, 2.05) is 16.7 Å². The number of nitrogens with one attached hydrogen (secondary N) is 1. The zero-order chi connectivity index (χ0) is 21.3. The number of rotatable bonds is 4. The lowest BCUT2D eigenvalue weighted by atomic mass is 10.2. The molecule has 0 unspecified atom stereocenters. The number of hydrogen-bond donors (Lipinski definition) is 1.